The van der Waals surface area contributed by atoms with Crippen LogP contribution in [0.2, 0.25) is 0 Å². The molecule has 1 atom stereocenters. The van der Waals surface area contributed by atoms with Crippen molar-refractivity contribution in [1.29, 1.82) is 0 Å². The molecule has 2 aromatic carbocycles. The van der Waals surface area contributed by atoms with E-state index in [4.69, 9.17) is 9.73 Å². The van der Waals surface area contributed by atoms with E-state index in [9.17, 15) is 0 Å². The van der Waals surface area contributed by atoms with Gasteiger partial charge in [-0.15, -0.1) is 10.2 Å². The number of nitrogens with one attached hydrogen (secondary N) is 2. The van der Waals surface area contributed by atoms with Gasteiger partial charge in [0.05, 0.1) is 26.2 Å². The topological polar surface area (TPSA) is 76.4 Å². The molecule has 0 bridgehead atoms. The zero-order valence-corrected chi connectivity index (χ0v) is 17.4. The first-order valence-electron chi connectivity index (χ1n) is 9.64. The Morgan fingerprint density at radius 3 is 2.45 bits per heavy atom. The van der Waals surface area contributed by atoms with Crippen molar-refractivity contribution in [2.75, 3.05) is 7.11 Å². The van der Waals surface area contributed by atoms with Gasteiger partial charge in [-0.3, -0.25) is 0 Å². The number of aromatic nitrogens is 3. The molecule has 1 aromatic heterocycles. The van der Waals surface area contributed by atoms with Gasteiger partial charge in [-0.2, -0.15) is 0 Å². The minimum Gasteiger partial charge on any atom is -0.497 e. The summed E-state index contributed by atoms with van der Waals surface area (Å²) in [7, 11) is 3.62. The molecule has 0 aliphatic heterocycles. The summed E-state index contributed by atoms with van der Waals surface area (Å²) < 4.78 is 7.19. The lowest BCUT2D eigenvalue weighted by Gasteiger charge is -2.18. The smallest absolute Gasteiger partial charge is 0.192 e. The van der Waals surface area contributed by atoms with Gasteiger partial charge in [0.2, 0.25) is 0 Å². The molecule has 0 spiro atoms. The van der Waals surface area contributed by atoms with Crippen LogP contribution in [0, 0.1) is 6.92 Å². The number of rotatable bonds is 7. The van der Waals surface area contributed by atoms with E-state index in [0.29, 0.717) is 13.1 Å². The van der Waals surface area contributed by atoms with E-state index in [0.717, 1.165) is 28.9 Å². The predicted octanol–water partition coefficient (Wildman–Crippen LogP) is 3.13. The van der Waals surface area contributed by atoms with E-state index in [1.807, 2.05) is 61.0 Å². The van der Waals surface area contributed by atoms with Crippen LogP contribution in [0.3, 0.4) is 0 Å². The highest BCUT2D eigenvalue weighted by molar-refractivity contribution is 5.80. The molecule has 7 heteroatoms. The minimum atomic E-state index is 0.111. The number of nitrogens with zero attached hydrogens (tertiary/aromatic N) is 4. The van der Waals surface area contributed by atoms with Crippen LogP contribution in [0.1, 0.15) is 35.7 Å². The number of hydrogen-bond donors (Lipinski definition) is 2. The molecule has 0 aliphatic rings. The number of ether oxygens (including phenoxy) is 1. The van der Waals surface area contributed by atoms with E-state index in [-0.39, 0.29) is 6.04 Å². The fourth-order valence-corrected chi connectivity index (χ4v) is 2.85. The van der Waals surface area contributed by atoms with E-state index in [1.54, 1.807) is 7.11 Å². The van der Waals surface area contributed by atoms with Crippen LogP contribution in [0.15, 0.2) is 59.6 Å². The van der Waals surface area contributed by atoms with Crippen LogP contribution in [0.25, 0.3) is 0 Å². The molecule has 7 nitrogen and oxygen atoms in total. The van der Waals surface area contributed by atoms with E-state index >= 15 is 0 Å². The number of methoxy groups -OCH3 is 1. The monoisotopic (exact) mass is 392 g/mol. The first-order valence-corrected chi connectivity index (χ1v) is 9.64. The lowest BCUT2D eigenvalue weighted by atomic mass is 10.1. The number of guanidine groups is 1. The van der Waals surface area contributed by atoms with Crippen LogP contribution in [0.4, 0.5) is 0 Å². The van der Waals surface area contributed by atoms with Crippen molar-refractivity contribution in [3.05, 3.63) is 77.4 Å². The second-order valence-electron chi connectivity index (χ2n) is 6.87. The first-order chi connectivity index (χ1) is 14.1. The third-order valence-corrected chi connectivity index (χ3v) is 4.83. The van der Waals surface area contributed by atoms with Crippen LogP contribution in [0.5, 0.6) is 5.75 Å². The summed E-state index contributed by atoms with van der Waals surface area (Å²) in [6, 6.07) is 18.3. The van der Waals surface area contributed by atoms with Crippen LogP contribution < -0.4 is 15.4 Å². The average molecular weight is 393 g/mol. The van der Waals surface area contributed by atoms with Crippen molar-refractivity contribution in [2.45, 2.75) is 33.0 Å². The first kappa shape index (κ1) is 20.4. The Kier molecular flexibility index (Phi) is 6.84. The van der Waals surface area contributed by atoms with Gasteiger partial charge < -0.3 is 19.9 Å². The second-order valence-corrected chi connectivity index (χ2v) is 6.87. The van der Waals surface area contributed by atoms with Crippen molar-refractivity contribution in [3.8, 4) is 5.75 Å². The Morgan fingerprint density at radius 1 is 1.10 bits per heavy atom. The SMILES string of the molecule is COc1ccc(CN=C(NCc2nnc(C)n2C)NC(C)c2ccccc2)cc1. The number of aliphatic imine (C=N–C) groups is 1. The van der Waals surface area contributed by atoms with Crippen molar-refractivity contribution in [2.24, 2.45) is 12.0 Å². The fourth-order valence-electron chi connectivity index (χ4n) is 2.85. The quantitative estimate of drug-likeness (QED) is 0.477. The summed E-state index contributed by atoms with van der Waals surface area (Å²) in [6.07, 6.45) is 0. The van der Waals surface area contributed by atoms with Gasteiger partial charge >= 0.3 is 0 Å². The Balaban J connectivity index is 1.72. The number of aryl methyl sites for hydroxylation is 1. The average Bonchev–Trinajstić information content (AvgIpc) is 3.08. The van der Waals surface area contributed by atoms with E-state index in [2.05, 4.69) is 39.9 Å². The largest absolute Gasteiger partial charge is 0.497 e. The molecule has 0 aliphatic carbocycles. The third-order valence-electron chi connectivity index (χ3n) is 4.83. The number of benzene rings is 2. The Labute approximate surface area is 171 Å². The van der Waals surface area contributed by atoms with Crippen LogP contribution >= 0.6 is 0 Å². The maximum atomic E-state index is 5.22. The molecule has 1 heterocycles. The van der Waals surface area contributed by atoms with Crippen LogP contribution in [-0.4, -0.2) is 27.8 Å². The van der Waals surface area contributed by atoms with Crippen molar-refractivity contribution < 1.29 is 4.74 Å². The third kappa shape index (κ3) is 5.57. The Morgan fingerprint density at radius 2 is 1.83 bits per heavy atom. The van der Waals surface area contributed by atoms with E-state index < -0.39 is 0 Å². The fraction of sp³-hybridized carbons (Fsp3) is 0.318. The van der Waals surface area contributed by atoms with Gasteiger partial charge in [0.15, 0.2) is 11.8 Å². The standard InChI is InChI=1S/C22H28N6O/c1-16(19-8-6-5-7-9-19)25-22(24-15-21-27-26-17(2)28(21)3)23-14-18-10-12-20(29-4)13-11-18/h5-13,16H,14-15H2,1-4H3,(H2,23,24,25). The molecule has 0 fully saturated rings. The van der Waals surface area contributed by atoms with Crippen molar-refractivity contribution in [1.82, 2.24) is 25.4 Å². The van der Waals surface area contributed by atoms with Crippen molar-refractivity contribution >= 4 is 5.96 Å². The van der Waals surface area contributed by atoms with Gasteiger partial charge in [-0.05, 0) is 37.1 Å². The summed E-state index contributed by atoms with van der Waals surface area (Å²) in [5, 5.41) is 15.2. The lowest BCUT2D eigenvalue weighted by Crippen LogP contribution is -2.39. The second kappa shape index (κ2) is 9.73. The maximum Gasteiger partial charge on any atom is 0.192 e. The molecule has 0 amide bonds. The molecule has 29 heavy (non-hydrogen) atoms. The minimum absolute atomic E-state index is 0.111. The van der Waals surface area contributed by atoms with E-state index in [1.165, 1.54) is 5.56 Å². The highest BCUT2D eigenvalue weighted by atomic mass is 16.5. The predicted molar refractivity (Wildman–Crippen MR) is 115 cm³/mol. The maximum absolute atomic E-state index is 5.22. The van der Waals surface area contributed by atoms with Gasteiger partial charge in [-0.25, -0.2) is 4.99 Å². The molecule has 1 unspecified atom stereocenters. The molecule has 2 N–H and O–H groups in total. The van der Waals surface area contributed by atoms with Crippen LogP contribution in [-0.2, 0) is 20.1 Å². The molecular weight excluding hydrogens is 364 g/mol. The summed E-state index contributed by atoms with van der Waals surface area (Å²) in [5.74, 6) is 3.29. The zero-order valence-electron chi connectivity index (χ0n) is 17.4. The lowest BCUT2D eigenvalue weighted by molar-refractivity contribution is 0.414. The van der Waals surface area contributed by atoms with Gasteiger partial charge in [0.1, 0.15) is 11.6 Å². The highest BCUT2D eigenvalue weighted by Crippen LogP contribution is 2.13. The molecule has 0 saturated carbocycles. The summed E-state index contributed by atoms with van der Waals surface area (Å²) in [6.45, 7) is 5.14. The summed E-state index contributed by atoms with van der Waals surface area (Å²) >= 11 is 0. The van der Waals surface area contributed by atoms with Gasteiger partial charge in [0, 0.05) is 7.05 Å². The Bertz CT molecular complexity index is 934. The Hall–Kier alpha value is -3.35. The molecule has 3 aromatic rings. The summed E-state index contributed by atoms with van der Waals surface area (Å²) in [5.41, 5.74) is 2.30. The number of hydrogen-bond acceptors (Lipinski definition) is 4. The molecule has 3 rings (SSSR count). The zero-order chi connectivity index (χ0) is 20.6. The van der Waals surface area contributed by atoms with Gasteiger partial charge in [-0.1, -0.05) is 42.5 Å². The van der Waals surface area contributed by atoms with Gasteiger partial charge in [0.25, 0.3) is 0 Å². The normalized spacial score (nSPS) is 12.5. The molecular formula is C22H28N6O. The summed E-state index contributed by atoms with van der Waals surface area (Å²) in [4.78, 5) is 4.76. The molecule has 0 saturated heterocycles. The van der Waals surface area contributed by atoms with Crippen molar-refractivity contribution in [3.63, 3.8) is 0 Å². The molecule has 152 valence electrons. The molecule has 0 radical (unpaired) electrons. The highest BCUT2D eigenvalue weighted by Gasteiger charge is 2.10.